The minimum Gasteiger partial charge on any atom is -0.425 e. The Morgan fingerprint density at radius 3 is 1.44 bits per heavy atom. The molecule has 0 fully saturated rings. The molecule has 57 heavy (non-hydrogen) atoms. The van der Waals surface area contributed by atoms with Crippen molar-refractivity contribution >= 4 is 39.5 Å². The van der Waals surface area contributed by atoms with Gasteiger partial charge in [0.2, 0.25) is 5.91 Å². The quantitative estimate of drug-likeness (QED) is 0.0406. The van der Waals surface area contributed by atoms with Crippen molar-refractivity contribution in [3.63, 3.8) is 0 Å². The lowest BCUT2D eigenvalue weighted by atomic mass is 10.0. The third-order valence-corrected chi connectivity index (χ3v) is 12.9. The maximum Gasteiger partial charge on any atom is 0.338 e. The standard InChI is InChI=1S/C47H83ClN2O6S/c1-5-8-10-12-14-16-18-20-22-24-26-28-30-32-34-36-45(51)56-43-40-42(48)37-38-44(43)57(54,55)50(47(53)49-39-7-3)46(52)41(4)35-33-31-29-27-25-23-21-19-17-15-13-11-9-6-2/h37-38,40-41H,5-36,39H2,1-4H3,(H,49,53). The molecule has 0 aliphatic heterocycles. The molecular weight excluding hydrogens is 756 g/mol. The van der Waals surface area contributed by atoms with Crippen molar-refractivity contribution < 1.29 is 27.5 Å². The first-order valence-electron chi connectivity index (χ1n) is 23.5. The molecule has 0 spiro atoms. The Morgan fingerprint density at radius 2 is 1.02 bits per heavy atom. The van der Waals surface area contributed by atoms with Crippen LogP contribution in [-0.4, -0.2) is 37.2 Å². The molecule has 8 nitrogen and oxygen atoms in total. The number of amides is 3. The minimum atomic E-state index is -4.74. The fourth-order valence-corrected chi connectivity index (χ4v) is 8.94. The van der Waals surface area contributed by atoms with E-state index in [2.05, 4.69) is 19.2 Å². The van der Waals surface area contributed by atoms with Gasteiger partial charge in [-0.05, 0) is 31.4 Å². The van der Waals surface area contributed by atoms with E-state index in [4.69, 9.17) is 16.3 Å². The Balaban J connectivity index is 2.61. The summed E-state index contributed by atoms with van der Waals surface area (Å²) in [6.45, 7) is 8.21. The fraction of sp³-hybridized carbons (Fsp3) is 0.809. The van der Waals surface area contributed by atoms with Gasteiger partial charge in [0.25, 0.3) is 10.0 Å². The molecule has 1 rings (SSSR count). The number of imide groups is 1. The number of unbranched alkanes of at least 4 members (excludes halogenated alkanes) is 27. The Hall–Kier alpha value is -2.13. The van der Waals surface area contributed by atoms with E-state index in [9.17, 15) is 22.8 Å². The lowest BCUT2D eigenvalue weighted by molar-refractivity contribution is -0.134. The number of urea groups is 1. The minimum absolute atomic E-state index is 0.125. The molecule has 0 aliphatic carbocycles. The second-order valence-electron chi connectivity index (χ2n) is 16.4. The van der Waals surface area contributed by atoms with Gasteiger partial charge in [-0.3, -0.25) is 9.59 Å². The predicted molar refractivity (Wildman–Crippen MR) is 238 cm³/mol. The summed E-state index contributed by atoms with van der Waals surface area (Å²) in [6, 6.07) is 2.79. The van der Waals surface area contributed by atoms with Crippen LogP contribution in [0.3, 0.4) is 0 Å². The number of benzene rings is 1. The number of rotatable bonds is 37. The van der Waals surface area contributed by atoms with Crippen molar-refractivity contribution in [2.24, 2.45) is 5.92 Å². The van der Waals surface area contributed by atoms with Crippen LogP contribution in [0, 0.1) is 5.92 Å². The molecule has 10 heteroatoms. The van der Waals surface area contributed by atoms with Crippen LogP contribution in [0.5, 0.6) is 5.75 Å². The molecule has 0 heterocycles. The van der Waals surface area contributed by atoms with Crippen LogP contribution in [0.2, 0.25) is 5.02 Å². The molecule has 1 N–H and O–H groups in total. The van der Waals surface area contributed by atoms with Crippen molar-refractivity contribution in [2.45, 2.75) is 238 Å². The van der Waals surface area contributed by atoms with Crippen LogP contribution in [0.25, 0.3) is 0 Å². The first kappa shape index (κ1) is 52.9. The van der Waals surface area contributed by atoms with Crippen LogP contribution in [0.15, 0.2) is 23.1 Å². The number of carbonyl (C=O) groups is 3. The molecule has 0 aromatic heterocycles. The Morgan fingerprint density at radius 1 is 0.614 bits per heavy atom. The smallest absolute Gasteiger partial charge is 0.338 e. The molecule has 0 aliphatic rings. The van der Waals surface area contributed by atoms with Gasteiger partial charge < -0.3 is 10.1 Å². The van der Waals surface area contributed by atoms with E-state index in [0.29, 0.717) is 23.6 Å². The van der Waals surface area contributed by atoms with Crippen LogP contribution in [0.4, 0.5) is 4.79 Å². The SMILES string of the molecule is CCCCCCCCCCCCCCCCCC(=O)Oc1cc(Cl)ccc1S(=O)(=O)N(C(=O)NCCC)C(=O)C(C)CCCCCCCCCCCCCCCC. The first-order chi connectivity index (χ1) is 27.6. The van der Waals surface area contributed by atoms with Crippen molar-refractivity contribution in [3.05, 3.63) is 23.2 Å². The van der Waals surface area contributed by atoms with Crippen LogP contribution in [-0.2, 0) is 19.6 Å². The zero-order valence-corrected chi connectivity index (χ0v) is 38.4. The molecule has 1 aromatic carbocycles. The van der Waals surface area contributed by atoms with Crippen LogP contribution >= 0.6 is 11.6 Å². The molecule has 0 radical (unpaired) electrons. The van der Waals surface area contributed by atoms with Gasteiger partial charge in [0.05, 0.1) is 0 Å². The number of ether oxygens (including phenoxy) is 1. The molecular formula is C47H83ClN2O6S. The van der Waals surface area contributed by atoms with Gasteiger partial charge in [0.1, 0.15) is 4.90 Å². The topological polar surface area (TPSA) is 110 Å². The fourth-order valence-electron chi connectivity index (χ4n) is 7.29. The number of nitrogens with one attached hydrogen (secondary N) is 1. The lowest BCUT2D eigenvalue weighted by Crippen LogP contribution is -2.49. The van der Waals surface area contributed by atoms with E-state index in [1.54, 1.807) is 6.92 Å². The highest BCUT2D eigenvalue weighted by Crippen LogP contribution is 2.32. The molecule has 1 atom stereocenters. The summed E-state index contributed by atoms with van der Waals surface area (Å²) in [7, 11) is -4.74. The van der Waals surface area contributed by atoms with Gasteiger partial charge >= 0.3 is 12.0 Å². The Kier molecular flexibility index (Phi) is 32.2. The van der Waals surface area contributed by atoms with Gasteiger partial charge in [0, 0.05) is 30.0 Å². The molecule has 0 saturated heterocycles. The third-order valence-electron chi connectivity index (χ3n) is 11.0. The zero-order chi connectivity index (χ0) is 42.0. The highest BCUT2D eigenvalue weighted by atomic mass is 35.5. The number of hydrogen-bond donors (Lipinski definition) is 1. The second-order valence-corrected chi connectivity index (χ2v) is 18.6. The number of carbonyl (C=O) groups excluding carboxylic acids is 3. The monoisotopic (exact) mass is 839 g/mol. The van der Waals surface area contributed by atoms with E-state index < -0.39 is 38.7 Å². The van der Waals surface area contributed by atoms with Crippen molar-refractivity contribution in [3.8, 4) is 5.75 Å². The van der Waals surface area contributed by atoms with E-state index >= 15 is 0 Å². The molecule has 0 saturated carbocycles. The summed E-state index contributed by atoms with van der Waals surface area (Å²) in [5, 5.41) is 2.73. The van der Waals surface area contributed by atoms with Crippen molar-refractivity contribution in [1.82, 2.24) is 9.62 Å². The molecule has 330 valence electrons. The predicted octanol–water partition coefficient (Wildman–Crippen LogP) is 14.7. The Labute approximate surface area is 354 Å². The summed E-state index contributed by atoms with van der Waals surface area (Å²) in [6.07, 6.45) is 36.4. The summed E-state index contributed by atoms with van der Waals surface area (Å²) in [5.41, 5.74) is 0. The summed E-state index contributed by atoms with van der Waals surface area (Å²) >= 11 is 6.22. The van der Waals surface area contributed by atoms with Crippen LogP contribution < -0.4 is 10.1 Å². The summed E-state index contributed by atoms with van der Waals surface area (Å²) in [5.74, 6) is -2.37. The van der Waals surface area contributed by atoms with Gasteiger partial charge in [-0.1, -0.05) is 219 Å². The highest BCUT2D eigenvalue weighted by Gasteiger charge is 2.39. The number of nitrogens with zero attached hydrogens (tertiary/aromatic N) is 1. The molecule has 0 bridgehead atoms. The normalized spacial score (nSPS) is 12.1. The maximum atomic E-state index is 14.1. The first-order valence-corrected chi connectivity index (χ1v) is 25.3. The lowest BCUT2D eigenvalue weighted by Gasteiger charge is -2.25. The van der Waals surface area contributed by atoms with Crippen molar-refractivity contribution in [1.29, 1.82) is 0 Å². The summed E-state index contributed by atoms with van der Waals surface area (Å²) < 4.78 is 34.1. The average Bonchev–Trinajstić information content (AvgIpc) is 3.18. The van der Waals surface area contributed by atoms with Gasteiger partial charge in [-0.2, -0.15) is 4.31 Å². The highest BCUT2D eigenvalue weighted by molar-refractivity contribution is 7.90. The van der Waals surface area contributed by atoms with Gasteiger partial charge in [0.15, 0.2) is 5.75 Å². The van der Waals surface area contributed by atoms with Gasteiger partial charge in [-0.15, -0.1) is 0 Å². The molecule has 3 amide bonds. The largest absolute Gasteiger partial charge is 0.425 e. The van der Waals surface area contributed by atoms with Crippen LogP contribution in [0.1, 0.15) is 233 Å². The number of halogens is 1. The Bertz CT molecular complexity index is 1310. The number of sulfonamides is 1. The van der Waals surface area contributed by atoms with E-state index in [1.807, 2.05) is 6.92 Å². The van der Waals surface area contributed by atoms with Gasteiger partial charge in [-0.25, -0.2) is 13.2 Å². The zero-order valence-electron chi connectivity index (χ0n) is 36.8. The van der Waals surface area contributed by atoms with E-state index in [0.717, 1.165) is 44.9 Å². The third kappa shape index (κ3) is 25.2. The average molecular weight is 840 g/mol. The summed E-state index contributed by atoms with van der Waals surface area (Å²) in [4.78, 5) is 39.5. The van der Waals surface area contributed by atoms with Crippen molar-refractivity contribution in [2.75, 3.05) is 6.54 Å². The second kappa shape index (κ2) is 34.7. The number of hydrogen-bond acceptors (Lipinski definition) is 6. The maximum absolute atomic E-state index is 14.1. The molecule has 1 aromatic rings. The number of esters is 1. The van der Waals surface area contributed by atoms with E-state index in [1.165, 1.54) is 153 Å². The molecule has 1 unspecified atom stereocenters. The van der Waals surface area contributed by atoms with E-state index in [-0.39, 0.29) is 23.7 Å².